The minimum atomic E-state index is -3.67. The molecule has 1 heterocycles. The van der Waals surface area contributed by atoms with Crippen LogP contribution in [0.1, 0.15) is 10.4 Å². The van der Waals surface area contributed by atoms with Crippen molar-refractivity contribution >= 4 is 50.8 Å². The number of hydrogen-bond acceptors (Lipinski definition) is 5. The van der Waals surface area contributed by atoms with Crippen LogP contribution in [0.2, 0.25) is 5.02 Å². The molecular weight excluding hydrogens is 370 g/mol. The Bertz CT molecular complexity index is 862. The molecule has 0 spiro atoms. The standard InChI is InChI=1S/C15H16ClN3O3S2/c1-11-7-8-23-14(11)9-17-18-15(20)10-19(24(2,21)22)13-6-4-3-5-12(13)16/h3-9H,10H2,1-2H3,(H,18,20). The normalized spacial score (nSPS) is 11.6. The molecule has 1 N–H and O–H groups in total. The van der Waals surface area contributed by atoms with Gasteiger partial charge in [-0.15, -0.1) is 11.3 Å². The maximum Gasteiger partial charge on any atom is 0.260 e. The van der Waals surface area contributed by atoms with Gasteiger partial charge in [0.1, 0.15) is 6.54 Å². The van der Waals surface area contributed by atoms with Crippen molar-refractivity contribution in [3.05, 3.63) is 51.2 Å². The number of aryl methyl sites for hydroxylation is 1. The number of sulfonamides is 1. The van der Waals surface area contributed by atoms with Crippen LogP contribution in [-0.4, -0.2) is 33.3 Å². The Balaban J connectivity index is 2.10. The second-order valence-corrected chi connectivity index (χ2v) is 8.24. The molecule has 24 heavy (non-hydrogen) atoms. The van der Waals surface area contributed by atoms with E-state index in [1.807, 2.05) is 18.4 Å². The molecule has 128 valence electrons. The first-order valence-corrected chi connectivity index (χ1v) is 9.98. The summed E-state index contributed by atoms with van der Waals surface area (Å²) in [6, 6.07) is 8.37. The third-order valence-corrected chi connectivity index (χ3v) is 5.48. The smallest absolute Gasteiger partial charge is 0.260 e. The summed E-state index contributed by atoms with van der Waals surface area (Å²) >= 11 is 7.53. The summed E-state index contributed by atoms with van der Waals surface area (Å²) in [7, 11) is -3.67. The van der Waals surface area contributed by atoms with Crippen molar-refractivity contribution in [2.24, 2.45) is 5.10 Å². The highest BCUT2D eigenvalue weighted by molar-refractivity contribution is 7.92. The van der Waals surface area contributed by atoms with Gasteiger partial charge in [-0.3, -0.25) is 9.10 Å². The Morgan fingerprint density at radius 1 is 1.38 bits per heavy atom. The number of hydrogen-bond donors (Lipinski definition) is 1. The van der Waals surface area contributed by atoms with Gasteiger partial charge in [0.15, 0.2) is 0 Å². The number of benzene rings is 1. The van der Waals surface area contributed by atoms with Gasteiger partial charge in [0.2, 0.25) is 10.0 Å². The van der Waals surface area contributed by atoms with Gasteiger partial charge in [-0.2, -0.15) is 5.10 Å². The molecule has 0 saturated heterocycles. The third-order valence-electron chi connectivity index (χ3n) is 3.08. The van der Waals surface area contributed by atoms with Gasteiger partial charge in [0.25, 0.3) is 5.91 Å². The zero-order chi connectivity index (χ0) is 17.7. The molecule has 0 aliphatic heterocycles. The van der Waals surface area contributed by atoms with Gasteiger partial charge in [-0.25, -0.2) is 13.8 Å². The van der Waals surface area contributed by atoms with E-state index >= 15 is 0 Å². The lowest BCUT2D eigenvalue weighted by atomic mass is 10.3. The molecule has 1 aromatic carbocycles. The molecule has 0 bridgehead atoms. The zero-order valence-electron chi connectivity index (χ0n) is 13.1. The van der Waals surface area contributed by atoms with Crippen LogP contribution in [0.25, 0.3) is 0 Å². The number of anilines is 1. The quantitative estimate of drug-likeness (QED) is 0.613. The molecule has 0 saturated carbocycles. The molecule has 0 aliphatic carbocycles. The molecule has 0 aliphatic rings. The Kier molecular flexibility index (Phi) is 5.98. The van der Waals surface area contributed by atoms with Crippen molar-refractivity contribution in [1.29, 1.82) is 0 Å². The van der Waals surface area contributed by atoms with Gasteiger partial charge in [0, 0.05) is 4.88 Å². The van der Waals surface area contributed by atoms with Crippen molar-refractivity contribution in [2.75, 3.05) is 17.1 Å². The van der Waals surface area contributed by atoms with Crippen molar-refractivity contribution < 1.29 is 13.2 Å². The van der Waals surface area contributed by atoms with Crippen molar-refractivity contribution in [3.8, 4) is 0 Å². The number of hydrazone groups is 1. The summed E-state index contributed by atoms with van der Waals surface area (Å²) in [6.45, 7) is 1.52. The fourth-order valence-electron chi connectivity index (χ4n) is 1.88. The first-order valence-electron chi connectivity index (χ1n) is 6.87. The summed E-state index contributed by atoms with van der Waals surface area (Å²) in [4.78, 5) is 12.9. The molecule has 1 aromatic heterocycles. The molecule has 9 heteroatoms. The van der Waals surface area contributed by atoms with Gasteiger partial charge < -0.3 is 0 Å². The molecule has 0 atom stereocenters. The average molecular weight is 386 g/mol. The Hall–Kier alpha value is -1.90. The largest absolute Gasteiger partial charge is 0.271 e. The van der Waals surface area contributed by atoms with Crippen LogP contribution in [0.15, 0.2) is 40.8 Å². The maximum atomic E-state index is 12.0. The van der Waals surface area contributed by atoms with Crippen LogP contribution in [0, 0.1) is 6.92 Å². The predicted octanol–water partition coefficient (Wildman–Crippen LogP) is 2.63. The van der Waals surface area contributed by atoms with E-state index in [2.05, 4.69) is 10.5 Å². The van der Waals surface area contributed by atoms with Crippen molar-refractivity contribution in [2.45, 2.75) is 6.92 Å². The van der Waals surface area contributed by atoms with E-state index in [-0.39, 0.29) is 10.7 Å². The highest BCUT2D eigenvalue weighted by Crippen LogP contribution is 2.26. The van der Waals surface area contributed by atoms with E-state index in [4.69, 9.17) is 11.6 Å². The van der Waals surface area contributed by atoms with E-state index in [0.29, 0.717) is 0 Å². The highest BCUT2D eigenvalue weighted by Gasteiger charge is 2.22. The molecule has 0 unspecified atom stereocenters. The van der Waals surface area contributed by atoms with Crippen LogP contribution in [-0.2, 0) is 14.8 Å². The number of carbonyl (C=O) groups excluding carboxylic acids is 1. The molecule has 0 fully saturated rings. The second-order valence-electron chi connectivity index (χ2n) is 4.98. The number of halogens is 1. The summed E-state index contributed by atoms with van der Waals surface area (Å²) < 4.78 is 24.9. The number of nitrogens with one attached hydrogen (secondary N) is 1. The van der Waals surface area contributed by atoms with Crippen LogP contribution < -0.4 is 9.73 Å². The lowest BCUT2D eigenvalue weighted by molar-refractivity contribution is -0.119. The lowest BCUT2D eigenvalue weighted by Crippen LogP contribution is -2.39. The Morgan fingerprint density at radius 3 is 2.67 bits per heavy atom. The van der Waals surface area contributed by atoms with Crippen LogP contribution >= 0.6 is 22.9 Å². The van der Waals surface area contributed by atoms with E-state index in [1.165, 1.54) is 23.6 Å². The molecule has 2 rings (SSSR count). The lowest BCUT2D eigenvalue weighted by Gasteiger charge is -2.22. The highest BCUT2D eigenvalue weighted by atomic mass is 35.5. The number of amides is 1. The van der Waals surface area contributed by atoms with Crippen LogP contribution in [0.4, 0.5) is 5.69 Å². The third kappa shape index (κ3) is 4.80. The molecule has 0 radical (unpaired) electrons. The van der Waals surface area contributed by atoms with Gasteiger partial charge in [-0.1, -0.05) is 23.7 Å². The minimum Gasteiger partial charge on any atom is -0.271 e. The van der Waals surface area contributed by atoms with E-state index in [0.717, 1.165) is 21.0 Å². The van der Waals surface area contributed by atoms with E-state index < -0.39 is 22.5 Å². The summed E-state index contributed by atoms with van der Waals surface area (Å²) in [5.41, 5.74) is 3.62. The second kappa shape index (κ2) is 7.78. The predicted molar refractivity (Wildman–Crippen MR) is 98.4 cm³/mol. The molecule has 6 nitrogen and oxygen atoms in total. The van der Waals surface area contributed by atoms with Crippen molar-refractivity contribution in [3.63, 3.8) is 0 Å². The number of carbonyl (C=O) groups is 1. The fraction of sp³-hybridized carbons (Fsp3) is 0.200. The number of rotatable bonds is 6. The van der Waals surface area contributed by atoms with E-state index in [1.54, 1.807) is 18.2 Å². The summed E-state index contributed by atoms with van der Waals surface area (Å²) in [5, 5.41) is 6.02. The number of nitrogens with zero attached hydrogens (tertiary/aromatic N) is 2. The van der Waals surface area contributed by atoms with Gasteiger partial charge in [-0.05, 0) is 36.1 Å². The fourth-order valence-corrected chi connectivity index (χ4v) is 3.82. The average Bonchev–Trinajstić information content (AvgIpc) is 2.90. The minimum absolute atomic E-state index is 0.244. The summed E-state index contributed by atoms with van der Waals surface area (Å²) in [5.74, 6) is -0.564. The topological polar surface area (TPSA) is 78.8 Å². The Morgan fingerprint density at radius 2 is 2.08 bits per heavy atom. The number of thiophene rings is 1. The molecular formula is C15H16ClN3O3S2. The van der Waals surface area contributed by atoms with Crippen LogP contribution in [0.5, 0.6) is 0 Å². The zero-order valence-corrected chi connectivity index (χ0v) is 15.5. The monoisotopic (exact) mass is 385 g/mol. The van der Waals surface area contributed by atoms with Gasteiger partial charge in [0.05, 0.1) is 23.2 Å². The van der Waals surface area contributed by atoms with Gasteiger partial charge >= 0.3 is 0 Å². The maximum absolute atomic E-state index is 12.0. The molecule has 1 amide bonds. The van der Waals surface area contributed by atoms with Crippen LogP contribution in [0.3, 0.4) is 0 Å². The van der Waals surface area contributed by atoms with E-state index in [9.17, 15) is 13.2 Å². The summed E-state index contributed by atoms with van der Waals surface area (Å²) in [6.07, 6.45) is 2.54. The first kappa shape index (κ1) is 18.4. The Labute approximate surface area is 149 Å². The molecule has 2 aromatic rings. The first-order chi connectivity index (χ1) is 11.3. The number of para-hydroxylation sites is 1. The van der Waals surface area contributed by atoms with Crippen molar-refractivity contribution in [1.82, 2.24) is 5.43 Å². The SMILES string of the molecule is Cc1ccsc1C=NNC(=O)CN(c1ccccc1Cl)S(C)(=O)=O.